The standard InChI is InChI=1S/C12H17NO4/c1-2-4-11(14)13(7-6-12(15)16)9-10-5-3-8-17-10/h3,5,8H,2,4,6-7,9H2,1H3,(H,15,16). The lowest BCUT2D eigenvalue weighted by molar-refractivity contribution is -0.138. The van der Waals surface area contributed by atoms with Gasteiger partial charge >= 0.3 is 5.97 Å². The Bertz CT molecular complexity index is 359. The maximum absolute atomic E-state index is 11.8. The third-order valence-electron chi connectivity index (χ3n) is 2.34. The molecule has 1 heterocycles. The van der Waals surface area contributed by atoms with E-state index in [1.165, 1.54) is 11.2 Å². The summed E-state index contributed by atoms with van der Waals surface area (Å²) >= 11 is 0. The first-order chi connectivity index (χ1) is 8.13. The van der Waals surface area contributed by atoms with Gasteiger partial charge in [0.1, 0.15) is 5.76 Å². The number of amides is 1. The fourth-order valence-corrected chi connectivity index (χ4v) is 1.49. The van der Waals surface area contributed by atoms with Crippen LogP contribution in [0.15, 0.2) is 22.8 Å². The van der Waals surface area contributed by atoms with Crippen LogP contribution in [0.3, 0.4) is 0 Å². The SMILES string of the molecule is CCCC(=O)N(CCC(=O)O)Cc1ccco1. The van der Waals surface area contributed by atoms with Crippen molar-refractivity contribution >= 4 is 11.9 Å². The van der Waals surface area contributed by atoms with Crippen LogP contribution in [0, 0.1) is 0 Å². The van der Waals surface area contributed by atoms with Crippen molar-refractivity contribution in [2.75, 3.05) is 6.54 Å². The zero-order chi connectivity index (χ0) is 12.7. The topological polar surface area (TPSA) is 70.8 Å². The van der Waals surface area contributed by atoms with E-state index in [2.05, 4.69) is 0 Å². The second-order valence-corrected chi connectivity index (χ2v) is 3.79. The molecule has 0 unspecified atom stereocenters. The number of carboxylic acids is 1. The summed E-state index contributed by atoms with van der Waals surface area (Å²) in [6, 6.07) is 3.52. The minimum Gasteiger partial charge on any atom is -0.481 e. The summed E-state index contributed by atoms with van der Waals surface area (Å²) in [6.45, 7) is 2.47. The summed E-state index contributed by atoms with van der Waals surface area (Å²) in [4.78, 5) is 23.8. The number of carboxylic acid groups (broad SMARTS) is 1. The zero-order valence-electron chi connectivity index (χ0n) is 9.89. The number of furan rings is 1. The van der Waals surface area contributed by atoms with Crippen LogP contribution in [0.25, 0.3) is 0 Å². The molecule has 0 radical (unpaired) electrons. The fourth-order valence-electron chi connectivity index (χ4n) is 1.49. The molecular formula is C12H17NO4. The van der Waals surface area contributed by atoms with Crippen LogP contribution in [0.1, 0.15) is 31.9 Å². The lowest BCUT2D eigenvalue weighted by atomic mass is 10.2. The van der Waals surface area contributed by atoms with Gasteiger partial charge in [-0.15, -0.1) is 0 Å². The van der Waals surface area contributed by atoms with Crippen LogP contribution in [0.2, 0.25) is 0 Å². The molecule has 5 nitrogen and oxygen atoms in total. The van der Waals surface area contributed by atoms with Gasteiger partial charge in [-0.25, -0.2) is 0 Å². The van der Waals surface area contributed by atoms with E-state index in [1.54, 1.807) is 12.1 Å². The monoisotopic (exact) mass is 239 g/mol. The second kappa shape index (κ2) is 6.73. The molecule has 0 fully saturated rings. The highest BCUT2D eigenvalue weighted by atomic mass is 16.4. The molecule has 0 aliphatic heterocycles. The minimum absolute atomic E-state index is 0.0369. The first kappa shape index (κ1) is 13.3. The Morgan fingerprint density at radius 1 is 1.41 bits per heavy atom. The summed E-state index contributed by atoms with van der Waals surface area (Å²) in [7, 11) is 0. The molecule has 1 N–H and O–H groups in total. The van der Waals surface area contributed by atoms with Crippen molar-refractivity contribution in [2.45, 2.75) is 32.7 Å². The Morgan fingerprint density at radius 2 is 2.18 bits per heavy atom. The number of hydrogen-bond acceptors (Lipinski definition) is 3. The van der Waals surface area contributed by atoms with E-state index in [-0.39, 0.29) is 18.9 Å². The van der Waals surface area contributed by atoms with Crippen LogP contribution < -0.4 is 0 Å². The first-order valence-corrected chi connectivity index (χ1v) is 5.65. The van der Waals surface area contributed by atoms with Gasteiger partial charge < -0.3 is 14.4 Å². The number of aliphatic carboxylic acids is 1. The zero-order valence-corrected chi connectivity index (χ0v) is 9.89. The molecule has 0 saturated heterocycles. The molecule has 5 heteroatoms. The van der Waals surface area contributed by atoms with Gasteiger partial charge in [0.2, 0.25) is 5.91 Å². The van der Waals surface area contributed by atoms with Gasteiger partial charge in [0, 0.05) is 13.0 Å². The van der Waals surface area contributed by atoms with Crippen LogP contribution in [0.5, 0.6) is 0 Å². The average Bonchev–Trinajstić information content (AvgIpc) is 2.76. The molecule has 0 atom stereocenters. The largest absolute Gasteiger partial charge is 0.481 e. The molecule has 1 aromatic rings. The lowest BCUT2D eigenvalue weighted by Crippen LogP contribution is -2.32. The number of carbonyl (C=O) groups is 2. The van der Waals surface area contributed by atoms with Gasteiger partial charge in [-0.1, -0.05) is 6.92 Å². The molecule has 0 spiro atoms. The fraction of sp³-hybridized carbons (Fsp3) is 0.500. The lowest BCUT2D eigenvalue weighted by Gasteiger charge is -2.20. The maximum atomic E-state index is 11.8. The Kier molecular flexibility index (Phi) is 5.26. The van der Waals surface area contributed by atoms with Gasteiger partial charge in [-0.3, -0.25) is 9.59 Å². The number of hydrogen-bond donors (Lipinski definition) is 1. The molecular weight excluding hydrogens is 222 g/mol. The highest BCUT2D eigenvalue weighted by molar-refractivity contribution is 5.76. The maximum Gasteiger partial charge on any atom is 0.305 e. The second-order valence-electron chi connectivity index (χ2n) is 3.79. The number of rotatable bonds is 7. The van der Waals surface area contributed by atoms with E-state index in [4.69, 9.17) is 9.52 Å². The molecule has 1 aromatic heterocycles. The average molecular weight is 239 g/mol. The predicted molar refractivity (Wildman–Crippen MR) is 61.3 cm³/mol. The van der Waals surface area contributed by atoms with Crippen molar-refractivity contribution in [3.8, 4) is 0 Å². The van der Waals surface area contributed by atoms with Gasteiger partial charge in [0.15, 0.2) is 0 Å². The van der Waals surface area contributed by atoms with Gasteiger partial charge in [-0.05, 0) is 18.6 Å². The van der Waals surface area contributed by atoms with Crippen molar-refractivity contribution in [1.82, 2.24) is 4.90 Å². The van der Waals surface area contributed by atoms with E-state index in [1.807, 2.05) is 6.92 Å². The predicted octanol–water partition coefficient (Wildman–Crippen LogP) is 1.88. The van der Waals surface area contributed by atoms with Crippen molar-refractivity contribution in [2.24, 2.45) is 0 Å². The third-order valence-corrected chi connectivity index (χ3v) is 2.34. The number of nitrogens with zero attached hydrogens (tertiary/aromatic N) is 1. The molecule has 0 saturated carbocycles. The van der Waals surface area contributed by atoms with E-state index in [9.17, 15) is 9.59 Å². The van der Waals surface area contributed by atoms with Gasteiger partial charge in [-0.2, -0.15) is 0 Å². The first-order valence-electron chi connectivity index (χ1n) is 5.65. The molecule has 17 heavy (non-hydrogen) atoms. The molecule has 0 bridgehead atoms. The van der Waals surface area contributed by atoms with Crippen LogP contribution in [0.4, 0.5) is 0 Å². The van der Waals surface area contributed by atoms with Crippen molar-refractivity contribution in [3.63, 3.8) is 0 Å². The van der Waals surface area contributed by atoms with E-state index < -0.39 is 5.97 Å². The molecule has 1 rings (SSSR count). The Hall–Kier alpha value is -1.78. The molecule has 1 amide bonds. The molecule has 0 aliphatic rings. The molecule has 0 aromatic carbocycles. The van der Waals surface area contributed by atoms with E-state index in [0.29, 0.717) is 18.7 Å². The van der Waals surface area contributed by atoms with Crippen LogP contribution in [-0.4, -0.2) is 28.4 Å². The van der Waals surface area contributed by atoms with Crippen molar-refractivity contribution in [1.29, 1.82) is 0 Å². The minimum atomic E-state index is -0.904. The third kappa shape index (κ3) is 4.72. The smallest absolute Gasteiger partial charge is 0.305 e. The molecule has 0 aliphatic carbocycles. The Labute approximate surface area is 100 Å². The Balaban J connectivity index is 2.58. The Morgan fingerprint density at radius 3 is 2.71 bits per heavy atom. The summed E-state index contributed by atoms with van der Waals surface area (Å²) < 4.78 is 5.16. The number of carbonyl (C=O) groups excluding carboxylic acids is 1. The van der Waals surface area contributed by atoms with E-state index in [0.717, 1.165) is 6.42 Å². The highest BCUT2D eigenvalue weighted by Gasteiger charge is 2.15. The van der Waals surface area contributed by atoms with Crippen LogP contribution in [-0.2, 0) is 16.1 Å². The molecule has 94 valence electrons. The summed E-state index contributed by atoms with van der Waals surface area (Å²) in [6.07, 6.45) is 2.67. The summed E-state index contributed by atoms with van der Waals surface area (Å²) in [5.41, 5.74) is 0. The van der Waals surface area contributed by atoms with Gasteiger partial charge in [0.05, 0.1) is 19.2 Å². The van der Waals surface area contributed by atoms with Crippen LogP contribution >= 0.6 is 0 Å². The highest BCUT2D eigenvalue weighted by Crippen LogP contribution is 2.08. The van der Waals surface area contributed by atoms with Crippen molar-refractivity contribution in [3.05, 3.63) is 24.2 Å². The quantitative estimate of drug-likeness (QED) is 0.788. The van der Waals surface area contributed by atoms with Crippen molar-refractivity contribution < 1.29 is 19.1 Å². The van der Waals surface area contributed by atoms with Gasteiger partial charge in [0.25, 0.3) is 0 Å². The van der Waals surface area contributed by atoms with E-state index >= 15 is 0 Å². The summed E-state index contributed by atoms with van der Waals surface area (Å²) in [5, 5.41) is 8.64. The summed E-state index contributed by atoms with van der Waals surface area (Å²) in [5.74, 6) is -0.274. The normalized spacial score (nSPS) is 10.2.